The third kappa shape index (κ3) is 4.42. The van der Waals surface area contributed by atoms with Gasteiger partial charge in [0.15, 0.2) is 11.5 Å². The number of hydrogen-bond donors (Lipinski definition) is 1. The van der Waals surface area contributed by atoms with Crippen LogP contribution in [0.4, 0.5) is 15.3 Å². The first kappa shape index (κ1) is 29.8. The van der Waals surface area contributed by atoms with E-state index in [0.29, 0.717) is 24.0 Å². The molecule has 9 rings (SSSR count). The highest BCUT2D eigenvalue weighted by Gasteiger charge is 2.74. The number of benzene rings is 1. The van der Waals surface area contributed by atoms with Crippen LogP contribution in [0.1, 0.15) is 76.1 Å². The topological polar surface area (TPSA) is 96.5 Å². The summed E-state index contributed by atoms with van der Waals surface area (Å²) < 4.78 is 18.4. The number of fused-ring (bicyclic) bond motifs is 3. The summed E-state index contributed by atoms with van der Waals surface area (Å²) in [5.41, 5.74) is 3.27. The van der Waals surface area contributed by atoms with Crippen molar-refractivity contribution in [2.24, 2.45) is 11.3 Å². The van der Waals surface area contributed by atoms with Crippen molar-refractivity contribution in [1.82, 2.24) is 19.7 Å². The molecule has 5 fully saturated rings. The molecule has 2 spiro atoms. The van der Waals surface area contributed by atoms with Gasteiger partial charge < -0.3 is 24.0 Å². The molecule has 46 heavy (non-hydrogen) atoms. The summed E-state index contributed by atoms with van der Waals surface area (Å²) in [4.78, 5) is 38.3. The number of ether oxygens (including phenoxy) is 3. The Kier molecular flexibility index (Phi) is 6.81. The van der Waals surface area contributed by atoms with Gasteiger partial charge in [-0.1, -0.05) is 6.07 Å². The van der Waals surface area contributed by atoms with Gasteiger partial charge in [0.2, 0.25) is 0 Å². The molecule has 10 heteroatoms. The van der Waals surface area contributed by atoms with E-state index >= 15 is 0 Å². The molecule has 3 amide bonds. The molecule has 1 aromatic carbocycles. The average molecular weight is 630 g/mol. The van der Waals surface area contributed by atoms with Gasteiger partial charge in [0, 0.05) is 48.8 Å². The molecule has 5 atom stereocenters. The average Bonchev–Trinajstić information content (AvgIpc) is 3.80. The van der Waals surface area contributed by atoms with Crippen molar-refractivity contribution < 1.29 is 23.8 Å². The Balaban J connectivity index is 1.10. The number of carbonyl (C=O) groups excluding carboxylic acids is 2. The van der Waals surface area contributed by atoms with E-state index in [1.54, 1.807) is 30.3 Å². The van der Waals surface area contributed by atoms with Crippen LogP contribution in [0.25, 0.3) is 0 Å². The summed E-state index contributed by atoms with van der Waals surface area (Å²) in [6.07, 6.45) is 8.87. The van der Waals surface area contributed by atoms with Gasteiger partial charge in [0.1, 0.15) is 11.7 Å². The van der Waals surface area contributed by atoms with Crippen LogP contribution in [0.5, 0.6) is 11.5 Å². The van der Waals surface area contributed by atoms with E-state index in [1.807, 2.05) is 27.8 Å². The van der Waals surface area contributed by atoms with Crippen molar-refractivity contribution in [2.45, 2.75) is 101 Å². The fraction of sp³-hybridized carbons (Fsp3) is 0.639. The molecule has 2 saturated carbocycles. The molecule has 1 N–H and O–H groups in total. The van der Waals surface area contributed by atoms with Crippen LogP contribution in [-0.2, 0) is 23.1 Å². The van der Waals surface area contributed by atoms with Gasteiger partial charge in [-0.2, -0.15) is 0 Å². The molecule has 4 aliphatic heterocycles. The van der Waals surface area contributed by atoms with E-state index in [-0.39, 0.29) is 35.6 Å². The first-order chi connectivity index (χ1) is 22.0. The molecular weight excluding hydrogens is 582 g/mol. The Hall–Kier alpha value is -3.53. The lowest BCUT2D eigenvalue weighted by Crippen LogP contribution is -2.73. The lowest BCUT2D eigenvalue weighted by molar-refractivity contribution is -0.129. The second-order valence-electron chi connectivity index (χ2n) is 15.5. The zero-order chi connectivity index (χ0) is 32.0. The second kappa shape index (κ2) is 10.5. The highest BCUT2D eigenvalue weighted by Crippen LogP contribution is 2.71. The highest BCUT2D eigenvalue weighted by molar-refractivity contribution is 5.85. The van der Waals surface area contributed by atoms with E-state index in [1.165, 1.54) is 30.5 Å². The van der Waals surface area contributed by atoms with Gasteiger partial charge in [-0.15, -0.1) is 0 Å². The molecule has 246 valence electrons. The molecule has 1 aromatic heterocycles. The van der Waals surface area contributed by atoms with Crippen molar-refractivity contribution in [2.75, 3.05) is 39.1 Å². The molecule has 7 aliphatic rings. The molecule has 3 saturated heterocycles. The number of pyridine rings is 1. The summed E-state index contributed by atoms with van der Waals surface area (Å²) in [5.74, 6) is 2.57. The Labute approximate surface area is 271 Å². The fourth-order valence-electron chi connectivity index (χ4n) is 9.98. The molecule has 3 aliphatic carbocycles. The highest BCUT2D eigenvalue weighted by atomic mass is 16.6. The molecular formula is C36H47N5O5. The van der Waals surface area contributed by atoms with Crippen molar-refractivity contribution in [3.63, 3.8) is 0 Å². The SMILES string of the molecule is COc1ccc2c3c1O[C@H]1[C@H]4CC[C@@]5(CCN4C(=O)N(C)Cc4ncccc4NC(=O)OC(C)(C)C)[C@@H](C2)N(CC2CC2)CC[C@]315. The third-order valence-electron chi connectivity index (χ3n) is 11.9. The number of nitrogens with one attached hydrogen (secondary N) is 1. The van der Waals surface area contributed by atoms with Crippen LogP contribution in [0.3, 0.4) is 0 Å². The molecule has 4 bridgehead atoms. The van der Waals surface area contributed by atoms with E-state index in [4.69, 9.17) is 14.2 Å². The number of rotatable bonds is 6. The van der Waals surface area contributed by atoms with Crippen LogP contribution in [-0.4, -0.2) is 89.4 Å². The maximum Gasteiger partial charge on any atom is 0.412 e. The summed E-state index contributed by atoms with van der Waals surface area (Å²) in [6, 6.07) is 8.34. The number of amides is 3. The van der Waals surface area contributed by atoms with Crippen LogP contribution < -0.4 is 14.8 Å². The van der Waals surface area contributed by atoms with Gasteiger partial charge in [0.25, 0.3) is 0 Å². The van der Waals surface area contributed by atoms with Crippen molar-refractivity contribution in [3.8, 4) is 11.5 Å². The molecule has 0 unspecified atom stereocenters. The maximum absolute atomic E-state index is 14.5. The molecule has 10 nitrogen and oxygen atoms in total. The number of methoxy groups -OCH3 is 1. The normalized spacial score (nSPS) is 30.6. The van der Waals surface area contributed by atoms with Crippen LogP contribution in [0.15, 0.2) is 30.5 Å². The minimum absolute atomic E-state index is 0.0258. The minimum Gasteiger partial charge on any atom is -0.493 e. The van der Waals surface area contributed by atoms with E-state index in [2.05, 4.69) is 32.2 Å². The van der Waals surface area contributed by atoms with Crippen LogP contribution in [0.2, 0.25) is 0 Å². The number of piperidine rings is 1. The third-order valence-corrected chi connectivity index (χ3v) is 11.9. The van der Waals surface area contributed by atoms with Gasteiger partial charge >= 0.3 is 12.1 Å². The monoisotopic (exact) mass is 629 g/mol. The molecule has 2 aromatic rings. The number of nitrogens with zero attached hydrogens (tertiary/aromatic N) is 4. The summed E-state index contributed by atoms with van der Waals surface area (Å²) in [5, 5.41) is 2.83. The van der Waals surface area contributed by atoms with Gasteiger partial charge in [-0.05, 0) is 102 Å². The predicted octanol–water partition coefficient (Wildman–Crippen LogP) is 5.58. The largest absolute Gasteiger partial charge is 0.493 e. The number of urea groups is 1. The van der Waals surface area contributed by atoms with Crippen molar-refractivity contribution in [3.05, 3.63) is 47.3 Å². The van der Waals surface area contributed by atoms with Gasteiger partial charge in [-0.25, -0.2) is 9.59 Å². The zero-order valence-corrected chi connectivity index (χ0v) is 27.8. The standard InChI is InChI=1S/C36H47N5O5/c1-34(2,3)46-32(42)38-24-7-6-16-37-25(24)21-39(4)33(43)41-18-14-35-13-12-26(41)31-36(35)15-17-40(20-22-8-9-22)28(35)19-23-10-11-27(44-5)30(45-31)29(23)36/h6-7,10-11,16,22,26,28,31H,8-9,12-15,17-21H2,1-5H3,(H,38,42)/t26-,28-,31+,35-,36+/m1/s1. The smallest absolute Gasteiger partial charge is 0.412 e. The summed E-state index contributed by atoms with van der Waals surface area (Å²) >= 11 is 0. The Bertz CT molecular complexity index is 1570. The van der Waals surface area contributed by atoms with Crippen LogP contribution in [0, 0.1) is 11.3 Å². The Morgan fingerprint density at radius 3 is 2.72 bits per heavy atom. The number of carbonyl (C=O) groups is 2. The molecule has 0 radical (unpaired) electrons. The first-order valence-corrected chi connectivity index (χ1v) is 17.1. The summed E-state index contributed by atoms with van der Waals surface area (Å²) in [6.45, 7) is 8.74. The number of likely N-dealkylation sites (tertiary alicyclic amines) is 1. The van der Waals surface area contributed by atoms with E-state index in [0.717, 1.165) is 56.1 Å². The second-order valence-corrected chi connectivity index (χ2v) is 15.5. The van der Waals surface area contributed by atoms with Crippen molar-refractivity contribution >= 4 is 17.8 Å². The summed E-state index contributed by atoms with van der Waals surface area (Å²) in [7, 11) is 3.56. The van der Waals surface area contributed by atoms with E-state index < -0.39 is 11.7 Å². The Morgan fingerprint density at radius 1 is 1.13 bits per heavy atom. The molecule has 5 heterocycles. The maximum atomic E-state index is 14.5. The number of aromatic nitrogens is 1. The quantitative estimate of drug-likeness (QED) is 0.446. The van der Waals surface area contributed by atoms with Crippen molar-refractivity contribution in [1.29, 1.82) is 0 Å². The van der Waals surface area contributed by atoms with Gasteiger partial charge in [-0.3, -0.25) is 15.2 Å². The van der Waals surface area contributed by atoms with E-state index in [9.17, 15) is 9.59 Å². The minimum atomic E-state index is -0.624. The fourth-order valence-corrected chi connectivity index (χ4v) is 9.98. The van der Waals surface area contributed by atoms with Crippen LogP contribution >= 0.6 is 0 Å². The predicted molar refractivity (Wildman–Crippen MR) is 173 cm³/mol. The Morgan fingerprint density at radius 2 is 1.96 bits per heavy atom. The number of anilines is 1. The first-order valence-electron chi connectivity index (χ1n) is 17.1. The number of hydrogen-bond acceptors (Lipinski definition) is 7. The lowest BCUT2D eigenvalue weighted by Gasteiger charge is -2.66. The zero-order valence-electron chi connectivity index (χ0n) is 27.8. The van der Waals surface area contributed by atoms with Gasteiger partial charge in [0.05, 0.1) is 31.1 Å². The lowest BCUT2D eigenvalue weighted by atomic mass is 9.42.